The van der Waals surface area contributed by atoms with Crippen molar-refractivity contribution in [3.63, 3.8) is 0 Å². The van der Waals surface area contributed by atoms with Crippen LogP contribution in [-0.2, 0) is 19.8 Å². The second-order valence-electron chi connectivity index (χ2n) is 5.14. The van der Waals surface area contributed by atoms with Crippen LogP contribution in [0.15, 0.2) is 11.2 Å². The standard InChI is InChI=1S/C13H22F3N5.HI/c1-5-17-12(18-6-9(2)3)19-7-10-8-21(4)20-11(10)13(14,15)16;/h8-9H,5-7H2,1-4H3,(H2,17,18,19);1H. The molecule has 0 aromatic carbocycles. The summed E-state index contributed by atoms with van der Waals surface area (Å²) in [5, 5.41) is 9.55. The van der Waals surface area contributed by atoms with Crippen molar-refractivity contribution in [2.45, 2.75) is 33.5 Å². The predicted octanol–water partition coefficient (Wildman–Crippen LogP) is 2.77. The number of halogens is 4. The van der Waals surface area contributed by atoms with E-state index in [4.69, 9.17) is 0 Å². The minimum absolute atomic E-state index is 0. The zero-order chi connectivity index (χ0) is 16.0. The number of alkyl halides is 3. The Morgan fingerprint density at radius 2 is 2.00 bits per heavy atom. The van der Waals surface area contributed by atoms with Crippen LogP contribution in [0.2, 0.25) is 0 Å². The van der Waals surface area contributed by atoms with Crippen molar-refractivity contribution < 1.29 is 13.2 Å². The van der Waals surface area contributed by atoms with E-state index in [1.807, 2.05) is 20.8 Å². The highest BCUT2D eigenvalue weighted by Crippen LogP contribution is 2.30. The third-order valence-electron chi connectivity index (χ3n) is 2.60. The average Bonchev–Trinajstić information content (AvgIpc) is 2.74. The number of rotatable bonds is 5. The number of hydrogen-bond donors (Lipinski definition) is 2. The summed E-state index contributed by atoms with van der Waals surface area (Å²) in [6.45, 7) is 7.25. The minimum atomic E-state index is -4.46. The maximum absolute atomic E-state index is 12.8. The lowest BCUT2D eigenvalue weighted by Gasteiger charge is -2.13. The molecule has 0 radical (unpaired) electrons. The molecule has 0 amide bonds. The SMILES string of the molecule is CCNC(=NCc1cn(C)nc1C(F)(F)F)NCC(C)C.I. The van der Waals surface area contributed by atoms with Crippen molar-refractivity contribution in [1.29, 1.82) is 0 Å². The van der Waals surface area contributed by atoms with Crippen molar-refractivity contribution in [3.05, 3.63) is 17.5 Å². The number of aromatic nitrogens is 2. The Bertz CT molecular complexity index is 483. The summed E-state index contributed by atoms with van der Waals surface area (Å²) in [5.41, 5.74) is -0.819. The molecular formula is C13H23F3IN5. The Morgan fingerprint density at radius 1 is 1.36 bits per heavy atom. The van der Waals surface area contributed by atoms with Gasteiger partial charge < -0.3 is 10.6 Å². The van der Waals surface area contributed by atoms with Gasteiger partial charge in [-0.05, 0) is 12.8 Å². The van der Waals surface area contributed by atoms with Gasteiger partial charge in [-0.25, -0.2) is 4.99 Å². The Hall–Kier alpha value is -1.00. The molecule has 0 aliphatic carbocycles. The molecule has 0 unspecified atom stereocenters. The summed E-state index contributed by atoms with van der Waals surface area (Å²) in [5.74, 6) is 0.918. The van der Waals surface area contributed by atoms with Crippen LogP contribution in [0.25, 0.3) is 0 Å². The van der Waals surface area contributed by atoms with Crippen LogP contribution in [0.3, 0.4) is 0 Å². The molecule has 0 atom stereocenters. The second-order valence-corrected chi connectivity index (χ2v) is 5.14. The van der Waals surface area contributed by atoms with Crippen molar-refractivity contribution in [1.82, 2.24) is 20.4 Å². The van der Waals surface area contributed by atoms with E-state index in [-0.39, 0.29) is 36.1 Å². The van der Waals surface area contributed by atoms with E-state index in [0.29, 0.717) is 25.0 Å². The van der Waals surface area contributed by atoms with Crippen molar-refractivity contribution in [2.75, 3.05) is 13.1 Å². The zero-order valence-electron chi connectivity index (χ0n) is 13.2. The first-order chi connectivity index (χ1) is 9.74. The Labute approximate surface area is 145 Å². The molecule has 1 rings (SSSR count). The van der Waals surface area contributed by atoms with Gasteiger partial charge in [-0.2, -0.15) is 18.3 Å². The maximum Gasteiger partial charge on any atom is 0.435 e. The summed E-state index contributed by atoms with van der Waals surface area (Å²) in [6.07, 6.45) is -3.12. The summed E-state index contributed by atoms with van der Waals surface area (Å²) in [4.78, 5) is 4.18. The van der Waals surface area contributed by atoms with E-state index in [9.17, 15) is 13.2 Å². The quantitative estimate of drug-likeness (QED) is 0.427. The van der Waals surface area contributed by atoms with Crippen LogP contribution in [0.4, 0.5) is 13.2 Å². The topological polar surface area (TPSA) is 54.2 Å². The highest BCUT2D eigenvalue weighted by atomic mass is 127. The van der Waals surface area contributed by atoms with Crippen LogP contribution >= 0.6 is 24.0 Å². The Kier molecular flexibility index (Phi) is 8.79. The highest BCUT2D eigenvalue weighted by molar-refractivity contribution is 14.0. The monoisotopic (exact) mass is 433 g/mol. The molecule has 22 heavy (non-hydrogen) atoms. The van der Waals surface area contributed by atoms with E-state index >= 15 is 0 Å². The molecule has 0 saturated carbocycles. The molecule has 0 fully saturated rings. The fraction of sp³-hybridized carbons (Fsp3) is 0.692. The van der Waals surface area contributed by atoms with Crippen LogP contribution < -0.4 is 10.6 Å². The number of hydrogen-bond acceptors (Lipinski definition) is 2. The lowest BCUT2D eigenvalue weighted by molar-refractivity contribution is -0.142. The lowest BCUT2D eigenvalue weighted by atomic mass is 10.2. The highest BCUT2D eigenvalue weighted by Gasteiger charge is 2.36. The van der Waals surface area contributed by atoms with Gasteiger partial charge in [-0.1, -0.05) is 13.8 Å². The van der Waals surface area contributed by atoms with Gasteiger partial charge in [-0.15, -0.1) is 24.0 Å². The zero-order valence-corrected chi connectivity index (χ0v) is 15.5. The minimum Gasteiger partial charge on any atom is -0.357 e. The number of nitrogens with one attached hydrogen (secondary N) is 2. The molecule has 0 bridgehead atoms. The van der Waals surface area contributed by atoms with E-state index in [2.05, 4.69) is 20.7 Å². The van der Waals surface area contributed by atoms with Crippen LogP contribution in [0.1, 0.15) is 32.0 Å². The van der Waals surface area contributed by atoms with Gasteiger partial charge in [0.05, 0.1) is 6.54 Å². The summed E-state index contributed by atoms with van der Waals surface area (Å²) in [6, 6.07) is 0. The molecule has 0 spiro atoms. The smallest absolute Gasteiger partial charge is 0.357 e. The first-order valence-corrected chi connectivity index (χ1v) is 6.86. The van der Waals surface area contributed by atoms with Gasteiger partial charge in [0.15, 0.2) is 11.7 Å². The summed E-state index contributed by atoms with van der Waals surface area (Å²) >= 11 is 0. The van der Waals surface area contributed by atoms with Gasteiger partial charge in [0, 0.05) is 31.9 Å². The molecule has 0 aliphatic rings. The molecule has 0 saturated heterocycles. The number of nitrogens with zero attached hydrogens (tertiary/aromatic N) is 3. The predicted molar refractivity (Wildman–Crippen MR) is 91.3 cm³/mol. The molecule has 1 heterocycles. The van der Waals surface area contributed by atoms with Gasteiger partial charge >= 0.3 is 6.18 Å². The number of aliphatic imine (C=N–C) groups is 1. The molecule has 0 aliphatic heterocycles. The molecule has 1 aromatic rings. The largest absolute Gasteiger partial charge is 0.435 e. The van der Waals surface area contributed by atoms with E-state index in [1.54, 1.807) is 0 Å². The average molecular weight is 433 g/mol. The molecule has 2 N–H and O–H groups in total. The summed E-state index contributed by atoms with van der Waals surface area (Å²) in [7, 11) is 1.46. The number of aryl methyl sites for hydroxylation is 1. The normalized spacial score (nSPS) is 12.3. The third kappa shape index (κ3) is 6.84. The van der Waals surface area contributed by atoms with Gasteiger partial charge in [0.1, 0.15) is 0 Å². The van der Waals surface area contributed by atoms with E-state index in [0.717, 1.165) is 4.68 Å². The van der Waals surface area contributed by atoms with Gasteiger partial charge in [0.2, 0.25) is 0 Å². The first kappa shape index (κ1) is 21.0. The van der Waals surface area contributed by atoms with Crippen LogP contribution in [0, 0.1) is 5.92 Å². The van der Waals surface area contributed by atoms with Crippen LogP contribution in [-0.4, -0.2) is 28.8 Å². The summed E-state index contributed by atoms with van der Waals surface area (Å²) < 4.78 is 39.7. The van der Waals surface area contributed by atoms with E-state index in [1.165, 1.54) is 13.2 Å². The maximum atomic E-state index is 12.8. The first-order valence-electron chi connectivity index (χ1n) is 6.86. The lowest BCUT2D eigenvalue weighted by Crippen LogP contribution is -2.39. The Balaban J connectivity index is 0.00000441. The van der Waals surface area contributed by atoms with Crippen molar-refractivity contribution >= 4 is 29.9 Å². The fourth-order valence-electron chi connectivity index (χ4n) is 1.70. The van der Waals surface area contributed by atoms with Gasteiger partial charge in [0.25, 0.3) is 0 Å². The van der Waals surface area contributed by atoms with E-state index < -0.39 is 11.9 Å². The van der Waals surface area contributed by atoms with Crippen molar-refractivity contribution in [3.8, 4) is 0 Å². The molecular weight excluding hydrogens is 410 g/mol. The molecule has 1 aromatic heterocycles. The van der Waals surface area contributed by atoms with Gasteiger partial charge in [-0.3, -0.25) is 4.68 Å². The number of guanidine groups is 1. The Morgan fingerprint density at radius 3 is 2.50 bits per heavy atom. The molecule has 5 nitrogen and oxygen atoms in total. The van der Waals surface area contributed by atoms with Crippen LogP contribution in [0.5, 0.6) is 0 Å². The fourth-order valence-corrected chi connectivity index (χ4v) is 1.70. The third-order valence-corrected chi connectivity index (χ3v) is 2.60. The molecule has 128 valence electrons. The second kappa shape index (κ2) is 9.21. The van der Waals surface area contributed by atoms with Crippen molar-refractivity contribution in [2.24, 2.45) is 18.0 Å². The molecule has 9 heteroatoms.